The molecule has 1 aromatic heterocycles. The van der Waals surface area contributed by atoms with Crippen molar-refractivity contribution in [1.29, 1.82) is 0 Å². The van der Waals surface area contributed by atoms with E-state index in [2.05, 4.69) is 15.4 Å². The lowest BCUT2D eigenvalue weighted by molar-refractivity contribution is 0.0526. The molecule has 0 fully saturated rings. The summed E-state index contributed by atoms with van der Waals surface area (Å²) < 4.78 is 41.0. The van der Waals surface area contributed by atoms with Crippen LogP contribution in [0.4, 0.5) is 10.1 Å². The van der Waals surface area contributed by atoms with Gasteiger partial charge in [-0.05, 0) is 48.9 Å². The van der Waals surface area contributed by atoms with Gasteiger partial charge in [-0.3, -0.25) is 0 Å². The van der Waals surface area contributed by atoms with E-state index < -0.39 is 27.3 Å². The smallest absolute Gasteiger partial charge is 0.207 e. The average Bonchev–Trinajstić information content (AvgIpc) is 3.11. The third-order valence-corrected chi connectivity index (χ3v) is 7.24. The summed E-state index contributed by atoms with van der Waals surface area (Å²) in [4.78, 5) is 2.84. The van der Waals surface area contributed by atoms with Gasteiger partial charge in [-0.25, -0.2) is 12.8 Å². The zero-order valence-electron chi connectivity index (χ0n) is 18.1. The lowest BCUT2D eigenvalue weighted by Crippen LogP contribution is -2.39. The molecule has 3 aromatic rings. The van der Waals surface area contributed by atoms with Crippen LogP contribution in [0.15, 0.2) is 41.3 Å². The maximum atomic E-state index is 15.1. The van der Waals surface area contributed by atoms with E-state index in [0.29, 0.717) is 17.3 Å². The molecule has 33 heavy (non-hydrogen) atoms. The highest BCUT2D eigenvalue weighted by Crippen LogP contribution is 2.36. The maximum absolute atomic E-state index is 15.1. The second-order valence-corrected chi connectivity index (χ2v) is 11.2. The molecule has 3 N–H and O–H groups in total. The molecule has 0 bridgehead atoms. The van der Waals surface area contributed by atoms with E-state index in [1.807, 2.05) is 12.1 Å². The van der Waals surface area contributed by atoms with E-state index in [1.165, 1.54) is 10.9 Å². The topological polar surface area (TPSA) is 127 Å². The van der Waals surface area contributed by atoms with Gasteiger partial charge in [-0.15, -0.1) is 10.2 Å². The van der Waals surface area contributed by atoms with Crippen LogP contribution in [-0.4, -0.2) is 57.7 Å². The van der Waals surface area contributed by atoms with E-state index in [9.17, 15) is 13.5 Å². The van der Waals surface area contributed by atoms with Crippen molar-refractivity contribution in [2.24, 2.45) is 5.73 Å². The lowest BCUT2D eigenvalue weighted by atomic mass is 10.1. The van der Waals surface area contributed by atoms with Gasteiger partial charge in [0.05, 0.1) is 34.0 Å². The molecule has 1 aliphatic rings. The van der Waals surface area contributed by atoms with Crippen LogP contribution in [0.5, 0.6) is 0 Å². The van der Waals surface area contributed by atoms with E-state index in [4.69, 9.17) is 17.3 Å². The number of nitrogens with two attached hydrogens (primary N) is 1. The highest BCUT2D eigenvalue weighted by Gasteiger charge is 2.32. The molecule has 12 heteroatoms. The highest BCUT2D eigenvalue weighted by atomic mass is 35.5. The molecular weight excluding hydrogens is 471 g/mol. The number of anilines is 1. The Kier molecular flexibility index (Phi) is 6.16. The van der Waals surface area contributed by atoms with Gasteiger partial charge in [0.1, 0.15) is 5.82 Å². The van der Waals surface area contributed by atoms with Crippen molar-refractivity contribution in [3.05, 3.63) is 52.8 Å². The second kappa shape index (κ2) is 8.64. The maximum Gasteiger partial charge on any atom is 0.207 e. The number of benzene rings is 2. The molecule has 1 aliphatic heterocycles. The van der Waals surface area contributed by atoms with Crippen LogP contribution in [0, 0.1) is 5.82 Å². The molecule has 176 valence electrons. The van der Waals surface area contributed by atoms with Crippen LogP contribution in [0.25, 0.3) is 11.4 Å². The van der Waals surface area contributed by atoms with E-state index in [0.717, 1.165) is 11.6 Å². The van der Waals surface area contributed by atoms with Crippen LogP contribution in [0.1, 0.15) is 19.4 Å². The number of hydrogen-bond donors (Lipinski definition) is 2. The Morgan fingerprint density at radius 3 is 2.64 bits per heavy atom. The van der Waals surface area contributed by atoms with Gasteiger partial charge < -0.3 is 15.7 Å². The summed E-state index contributed by atoms with van der Waals surface area (Å²) in [5, 5.41) is 22.5. The Labute approximate surface area is 195 Å². The molecule has 2 heterocycles. The Hall–Kier alpha value is -2.60. The molecule has 0 radical (unpaired) electrons. The number of aliphatic hydroxyl groups is 1. The zero-order valence-corrected chi connectivity index (χ0v) is 19.7. The van der Waals surface area contributed by atoms with Crippen molar-refractivity contribution in [2.75, 3.05) is 17.2 Å². The van der Waals surface area contributed by atoms with Crippen molar-refractivity contribution < 1.29 is 17.9 Å². The van der Waals surface area contributed by atoms with Gasteiger partial charge in [-0.1, -0.05) is 23.7 Å². The molecule has 0 saturated carbocycles. The first-order valence-corrected chi connectivity index (χ1v) is 12.3. The standard InChI is InChI=1S/C21H24ClFN6O3S/c1-21(2,30)12-29-26-20(25-27-29)16-7-18-19(8-17(16)23)33(31,32)11-15(24)10-28(18)9-13-3-5-14(22)6-4-13/h3-8,15,30H,9-12,24H2,1-2H3/t15-/m1/s1. The molecule has 0 saturated heterocycles. The first-order chi connectivity index (χ1) is 15.4. The van der Waals surface area contributed by atoms with Crippen molar-refractivity contribution >= 4 is 27.1 Å². The van der Waals surface area contributed by atoms with Crippen LogP contribution < -0.4 is 10.6 Å². The Bertz CT molecular complexity index is 1270. The minimum atomic E-state index is -3.82. The first kappa shape index (κ1) is 23.6. The van der Waals surface area contributed by atoms with Gasteiger partial charge in [-0.2, -0.15) is 4.80 Å². The quantitative estimate of drug-likeness (QED) is 0.551. The van der Waals surface area contributed by atoms with Gasteiger partial charge in [0, 0.05) is 24.2 Å². The van der Waals surface area contributed by atoms with Crippen LogP contribution in [0.3, 0.4) is 0 Å². The fraction of sp³-hybridized carbons (Fsp3) is 0.381. The molecular formula is C21H24ClFN6O3S. The molecule has 0 spiro atoms. The predicted molar refractivity (Wildman–Crippen MR) is 122 cm³/mol. The summed E-state index contributed by atoms with van der Waals surface area (Å²) in [6, 6.07) is 8.90. The van der Waals surface area contributed by atoms with Crippen LogP contribution in [-0.2, 0) is 22.9 Å². The number of fused-ring (bicyclic) bond motifs is 1. The Balaban J connectivity index is 1.80. The zero-order chi connectivity index (χ0) is 24.0. The number of hydrogen-bond acceptors (Lipinski definition) is 8. The largest absolute Gasteiger partial charge is 0.388 e. The van der Waals surface area contributed by atoms with Gasteiger partial charge >= 0.3 is 0 Å². The summed E-state index contributed by atoms with van der Waals surface area (Å²) in [6.45, 7) is 3.82. The van der Waals surface area contributed by atoms with Crippen molar-refractivity contribution in [3.63, 3.8) is 0 Å². The Morgan fingerprint density at radius 2 is 1.97 bits per heavy atom. The van der Waals surface area contributed by atoms with Crippen molar-refractivity contribution in [3.8, 4) is 11.4 Å². The van der Waals surface area contributed by atoms with Crippen molar-refractivity contribution in [1.82, 2.24) is 20.2 Å². The van der Waals surface area contributed by atoms with E-state index >= 15 is 4.39 Å². The third-order valence-electron chi connectivity index (χ3n) is 5.12. The molecule has 2 aromatic carbocycles. The summed E-state index contributed by atoms with van der Waals surface area (Å²) in [5.41, 5.74) is 6.22. The molecule has 0 unspecified atom stereocenters. The minimum Gasteiger partial charge on any atom is -0.388 e. The molecule has 1 atom stereocenters. The summed E-state index contributed by atoms with van der Waals surface area (Å²) in [7, 11) is -3.82. The van der Waals surface area contributed by atoms with Gasteiger partial charge in [0.25, 0.3) is 0 Å². The molecule has 0 aliphatic carbocycles. The average molecular weight is 495 g/mol. The van der Waals surface area contributed by atoms with Gasteiger partial charge in [0.2, 0.25) is 5.82 Å². The van der Waals surface area contributed by atoms with Crippen LogP contribution in [0.2, 0.25) is 5.02 Å². The minimum absolute atomic E-state index is 0.00234. The molecule has 9 nitrogen and oxygen atoms in total. The lowest BCUT2D eigenvalue weighted by Gasteiger charge is -2.26. The first-order valence-electron chi connectivity index (χ1n) is 10.2. The predicted octanol–water partition coefficient (Wildman–Crippen LogP) is 2.02. The number of aromatic nitrogens is 4. The summed E-state index contributed by atoms with van der Waals surface area (Å²) in [6.07, 6.45) is 0. The SMILES string of the molecule is CC(C)(O)Cn1nnc(-c2cc3c(cc2F)S(=O)(=O)C[C@H](N)CN3Cc2ccc(Cl)cc2)n1. The fourth-order valence-electron chi connectivity index (χ4n) is 3.74. The van der Waals surface area contributed by atoms with Crippen LogP contribution >= 0.6 is 11.6 Å². The van der Waals surface area contributed by atoms with E-state index in [1.54, 1.807) is 30.9 Å². The summed E-state index contributed by atoms with van der Waals surface area (Å²) in [5.74, 6) is -1.10. The third kappa shape index (κ3) is 5.32. The van der Waals surface area contributed by atoms with Crippen molar-refractivity contribution in [2.45, 2.75) is 43.5 Å². The molecule has 0 amide bonds. The number of rotatable bonds is 5. The van der Waals surface area contributed by atoms with E-state index in [-0.39, 0.29) is 35.1 Å². The monoisotopic (exact) mass is 494 g/mol. The fourth-order valence-corrected chi connectivity index (χ4v) is 5.51. The van der Waals surface area contributed by atoms with Gasteiger partial charge in [0.15, 0.2) is 9.84 Å². The number of nitrogens with zero attached hydrogens (tertiary/aromatic N) is 5. The number of halogens is 2. The highest BCUT2D eigenvalue weighted by molar-refractivity contribution is 7.91. The second-order valence-electron chi connectivity index (χ2n) is 8.80. The molecule has 4 rings (SSSR count). The number of sulfone groups is 1. The normalized spacial score (nSPS) is 18.1. The summed E-state index contributed by atoms with van der Waals surface area (Å²) >= 11 is 5.98. The number of tetrazole rings is 1. The Morgan fingerprint density at radius 1 is 1.27 bits per heavy atom.